The quantitative estimate of drug-likeness (QED) is 0.585. The molecule has 10 heteroatoms. The molecule has 0 aromatic heterocycles. The topological polar surface area (TPSA) is 57.2 Å². The van der Waals surface area contributed by atoms with Crippen LogP contribution in [0.1, 0.15) is 31.2 Å². The molecule has 196 valence electrons. The second-order valence-corrected chi connectivity index (χ2v) is 10.7. The average molecular weight is 525 g/mol. The van der Waals surface area contributed by atoms with E-state index in [2.05, 4.69) is 15.2 Å². The largest absolute Gasteiger partial charge is 0.493 e. The number of benzene rings is 1. The highest BCUT2D eigenvalue weighted by atomic mass is 35.5. The molecule has 1 aromatic rings. The number of rotatable bonds is 7. The number of nitrogens with zero attached hydrogens (tertiary/aromatic N) is 3. The molecule has 36 heavy (non-hydrogen) atoms. The van der Waals surface area contributed by atoms with Gasteiger partial charge in [0.05, 0.1) is 37.7 Å². The van der Waals surface area contributed by atoms with Crippen LogP contribution in [0.15, 0.2) is 34.4 Å². The van der Waals surface area contributed by atoms with Crippen LogP contribution in [0.3, 0.4) is 0 Å². The van der Waals surface area contributed by atoms with Crippen molar-refractivity contribution in [3.8, 4) is 5.75 Å². The van der Waals surface area contributed by atoms with Gasteiger partial charge >= 0.3 is 0 Å². The molecular formula is C26H32ClF3N4O2. The monoisotopic (exact) mass is 524 g/mol. The molecule has 0 unspecified atom stereocenters. The number of nitrogens with one attached hydrogen (secondary N) is 1. The Morgan fingerprint density at radius 2 is 1.94 bits per heavy atom. The van der Waals surface area contributed by atoms with Gasteiger partial charge in [0.25, 0.3) is 0 Å². The summed E-state index contributed by atoms with van der Waals surface area (Å²) in [6.07, 6.45) is 2.63. The fourth-order valence-corrected chi connectivity index (χ4v) is 5.71. The van der Waals surface area contributed by atoms with E-state index in [0.29, 0.717) is 24.8 Å². The van der Waals surface area contributed by atoms with Crippen LogP contribution in [0.2, 0.25) is 0 Å². The number of halogens is 4. The lowest BCUT2D eigenvalue weighted by Crippen LogP contribution is -2.47. The van der Waals surface area contributed by atoms with Crippen LogP contribution in [-0.4, -0.2) is 73.3 Å². The highest BCUT2D eigenvalue weighted by Gasteiger charge is 2.43. The SMILES string of the molecule is O=C(Cc1ccc(OCC[C@@H]2C[C@@H]2C2CCN(C3=NC=C(Cl)CN3)CC2)cc1F)N1C[C@H](F)[C@@H](F)C1. The van der Waals surface area contributed by atoms with Gasteiger partial charge in [-0.25, -0.2) is 18.2 Å². The van der Waals surface area contributed by atoms with Gasteiger partial charge in [-0.15, -0.1) is 0 Å². The van der Waals surface area contributed by atoms with E-state index in [9.17, 15) is 18.0 Å². The smallest absolute Gasteiger partial charge is 0.227 e. The fourth-order valence-electron chi connectivity index (χ4n) is 5.59. The average Bonchev–Trinajstić information content (AvgIpc) is 3.57. The van der Waals surface area contributed by atoms with Crippen molar-refractivity contribution in [2.75, 3.05) is 39.3 Å². The molecule has 1 N–H and O–H groups in total. The van der Waals surface area contributed by atoms with Crippen molar-refractivity contribution < 1.29 is 22.7 Å². The fraction of sp³-hybridized carbons (Fsp3) is 0.615. The molecule has 3 fully saturated rings. The number of aliphatic imine (C=N–C) groups is 1. The molecule has 0 spiro atoms. The lowest BCUT2D eigenvalue weighted by Gasteiger charge is -2.35. The van der Waals surface area contributed by atoms with Gasteiger partial charge in [0.2, 0.25) is 5.91 Å². The van der Waals surface area contributed by atoms with Crippen LogP contribution < -0.4 is 10.1 Å². The van der Waals surface area contributed by atoms with Crippen molar-refractivity contribution >= 4 is 23.5 Å². The van der Waals surface area contributed by atoms with Crippen LogP contribution in [0.5, 0.6) is 5.75 Å². The molecule has 1 aliphatic carbocycles. The van der Waals surface area contributed by atoms with Crippen LogP contribution in [0.4, 0.5) is 13.2 Å². The Hall–Kier alpha value is -2.42. The van der Waals surface area contributed by atoms with Gasteiger partial charge < -0.3 is 19.9 Å². The maximum absolute atomic E-state index is 14.5. The van der Waals surface area contributed by atoms with Crippen LogP contribution in [0, 0.1) is 23.6 Å². The second kappa shape index (κ2) is 10.9. The number of hydrogen-bond donors (Lipinski definition) is 1. The Morgan fingerprint density at radius 1 is 1.19 bits per heavy atom. The first-order valence-corrected chi connectivity index (χ1v) is 13.1. The van der Waals surface area contributed by atoms with Crippen molar-refractivity contribution in [1.82, 2.24) is 15.1 Å². The van der Waals surface area contributed by atoms with Crippen molar-refractivity contribution in [2.45, 2.75) is 44.4 Å². The number of piperidine rings is 1. The molecule has 1 amide bonds. The molecule has 6 nitrogen and oxygen atoms in total. The molecular weight excluding hydrogens is 493 g/mol. The van der Waals surface area contributed by atoms with Crippen molar-refractivity contribution in [3.05, 3.63) is 40.8 Å². The summed E-state index contributed by atoms with van der Waals surface area (Å²) in [5, 5.41) is 3.99. The number of guanidine groups is 1. The van der Waals surface area contributed by atoms with Crippen LogP contribution in [0.25, 0.3) is 0 Å². The van der Waals surface area contributed by atoms with E-state index < -0.39 is 24.1 Å². The van der Waals surface area contributed by atoms with E-state index in [4.69, 9.17) is 16.3 Å². The van der Waals surface area contributed by atoms with Gasteiger partial charge in [-0.3, -0.25) is 4.79 Å². The highest BCUT2D eigenvalue weighted by Crippen LogP contribution is 2.49. The predicted octanol–water partition coefficient (Wildman–Crippen LogP) is 4.04. The molecule has 1 aromatic carbocycles. The minimum atomic E-state index is -1.67. The normalized spacial score (nSPS) is 28.4. The van der Waals surface area contributed by atoms with Crippen molar-refractivity contribution in [3.63, 3.8) is 0 Å². The zero-order valence-electron chi connectivity index (χ0n) is 20.1. The van der Waals surface area contributed by atoms with Gasteiger partial charge in [0, 0.05) is 25.4 Å². The number of carbonyl (C=O) groups excluding carboxylic acids is 1. The number of amides is 1. The number of likely N-dealkylation sites (tertiary alicyclic amines) is 2. The molecule has 4 aliphatic rings. The zero-order valence-corrected chi connectivity index (χ0v) is 20.9. The summed E-state index contributed by atoms with van der Waals surface area (Å²) in [5.74, 6) is 2.43. The summed E-state index contributed by atoms with van der Waals surface area (Å²) in [7, 11) is 0. The molecule has 3 aliphatic heterocycles. The molecule has 1 saturated carbocycles. The third-order valence-corrected chi connectivity index (χ3v) is 8.05. The second-order valence-electron chi connectivity index (χ2n) is 10.3. The minimum Gasteiger partial charge on any atom is -0.493 e. The summed E-state index contributed by atoms with van der Waals surface area (Å²) in [6, 6.07) is 4.45. The summed E-state index contributed by atoms with van der Waals surface area (Å²) in [6.45, 7) is 2.60. The van der Waals surface area contributed by atoms with E-state index in [1.165, 1.54) is 18.6 Å². The lowest BCUT2D eigenvalue weighted by atomic mass is 9.90. The van der Waals surface area contributed by atoms with E-state index in [-0.39, 0.29) is 25.1 Å². The van der Waals surface area contributed by atoms with Gasteiger partial charge in [0.15, 0.2) is 18.3 Å². The Balaban J connectivity index is 1.02. The molecule has 3 heterocycles. The Bertz CT molecular complexity index is 1020. The van der Waals surface area contributed by atoms with Gasteiger partial charge in [0.1, 0.15) is 11.6 Å². The first-order chi connectivity index (χ1) is 17.4. The standard InChI is InChI=1S/C26H32ClF3N4O2/c27-19-12-31-26(32-13-19)33-6-3-16(4-7-33)21-9-17(21)5-8-36-20-2-1-18(22(28)11-20)10-25(35)34-14-23(29)24(30)15-34/h1-2,11-12,16-17,21,23-24H,3-10,13-15H2,(H,31,32)/t17-,21-,23+,24+/m1/s1. The highest BCUT2D eigenvalue weighted by molar-refractivity contribution is 6.30. The van der Waals surface area contributed by atoms with E-state index >= 15 is 0 Å². The first-order valence-electron chi connectivity index (χ1n) is 12.8. The molecule has 2 saturated heterocycles. The number of ether oxygens (including phenoxy) is 1. The Morgan fingerprint density at radius 3 is 2.61 bits per heavy atom. The zero-order chi connectivity index (χ0) is 25.2. The Kier molecular flexibility index (Phi) is 7.65. The molecule has 4 atom stereocenters. The lowest BCUT2D eigenvalue weighted by molar-refractivity contribution is -0.129. The minimum absolute atomic E-state index is 0.201. The molecule has 0 bridgehead atoms. The summed E-state index contributed by atoms with van der Waals surface area (Å²) in [4.78, 5) is 20.1. The Labute approximate surface area is 214 Å². The third kappa shape index (κ3) is 5.93. The number of alkyl halides is 2. The van der Waals surface area contributed by atoms with Crippen molar-refractivity contribution in [2.24, 2.45) is 22.7 Å². The summed E-state index contributed by atoms with van der Waals surface area (Å²) in [5.41, 5.74) is 0.201. The summed E-state index contributed by atoms with van der Waals surface area (Å²) >= 11 is 5.96. The van der Waals surface area contributed by atoms with Crippen LogP contribution in [-0.2, 0) is 11.2 Å². The number of carbonyl (C=O) groups is 1. The van der Waals surface area contributed by atoms with Gasteiger partial charge in [-0.2, -0.15) is 0 Å². The number of hydrogen-bond acceptors (Lipinski definition) is 5. The maximum atomic E-state index is 14.5. The van der Waals surface area contributed by atoms with Gasteiger partial charge in [-0.05, 0) is 55.1 Å². The predicted molar refractivity (Wildman–Crippen MR) is 132 cm³/mol. The van der Waals surface area contributed by atoms with E-state index in [0.717, 1.165) is 60.1 Å². The van der Waals surface area contributed by atoms with Crippen molar-refractivity contribution in [1.29, 1.82) is 0 Å². The summed E-state index contributed by atoms with van der Waals surface area (Å²) < 4.78 is 47.0. The van der Waals surface area contributed by atoms with E-state index in [1.807, 2.05) is 0 Å². The van der Waals surface area contributed by atoms with Gasteiger partial charge in [-0.1, -0.05) is 17.7 Å². The maximum Gasteiger partial charge on any atom is 0.227 e. The third-order valence-electron chi connectivity index (χ3n) is 7.82. The molecule has 0 radical (unpaired) electrons. The molecule has 5 rings (SSSR count). The van der Waals surface area contributed by atoms with Crippen LogP contribution >= 0.6 is 11.6 Å². The van der Waals surface area contributed by atoms with E-state index in [1.54, 1.807) is 12.3 Å². The first kappa shape index (κ1) is 25.2.